The van der Waals surface area contributed by atoms with Crippen molar-refractivity contribution in [3.63, 3.8) is 0 Å². The van der Waals surface area contributed by atoms with Gasteiger partial charge in [-0.05, 0) is 30.2 Å². The molecule has 0 atom stereocenters. The number of amides is 1. The van der Waals surface area contributed by atoms with Crippen LogP contribution < -0.4 is 5.32 Å². The molecule has 1 fully saturated rings. The number of rotatable bonds is 7. The number of sulfonamides is 1. The summed E-state index contributed by atoms with van der Waals surface area (Å²) in [7, 11) is -3.62. The summed E-state index contributed by atoms with van der Waals surface area (Å²) in [4.78, 5) is 12.4. The molecule has 1 saturated heterocycles. The molecule has 7 nitrogen and oxygen atoms in total. The average Bonchev–Trinajstić information content (AvgIpc) is 2.71. The Kier molecular flexibility index (Phi) is 6.79. The standard InChI is InChI=1S/C20H24N2O5S/c1-16-7-8-18(28(24,25)22-9-11-26-12-10-22)13-19(16)21-20(23)15-27-14-17-5-3-2-4-6-17/h2-8,13H,9-12,14-15H2,1H3,(H,21,23). The highest BCUT2D eigenvalue weighted by Crippen LogP contribution is 2.23. The Morgan fingerprint density at radius 3 is 2.57 bits per heavy atom. The van der Waals surface area contributed by atoms with Gasteiger partial charge in [-0.3, -0.25) is 4.79 Å². The monoisotopic (exact) mass is 404 g/mol. The highest BCUT2D eigenvalue weighted by atomic mass is 32.2. The Balaban J connectivity index is 1.63. The van der Waals surface area contributed by atoms with Gasteiger partial charge in [-0.1, -0.05) is 36.4 Å². The molecule has 0 radical (unpaired) electrons. The predicted molar refractivity (Wildman–Crippen MR) is 105 cm³/mol. The second-order valence-corrected chi connectivity index (χ2v) is 8.46. The molecule has 28 heavy (non-hydrogen) atoms. The summed E-state index contributed by atoms with van der Waals surface area (Å²) in [5.74, 6) is -0.333. The summed E-state index contributed by atoms with van der Waals surface area (Å²) in [6, 6.07) is 14.3. The maximum absolute atomic E-state index is 12.8. The van der Waals surface area contributed by atoms with Crippen LogP contribution >= 0.6 is 0 Å². The lowest BCUT2D eigenvalue weighted by atomic mass is 10.2. The van der Waals surface area contributed by atoms with E-state index in [0.29, 0.717) is 38.6 Å². The SMILES string of the molecule is Cc1ccc(S(=O)(=O)N2CCOCC2)cc1NC(=O)COCc1ccccc1. The van der Waals surface area contributed by atoms with E-state index in [2.05, 4.69) is 5.32 Å². The number of nitrogens with one attached hydrogen (secondary N) is 1. The topological polar surface area (TPSA) is 84.9 Å². The number of benzene rings is 2. The molecule has 1 aliphatic rings. The Morgan fingerprint density at radius 1 is 1.14 bits per heavy atom. The Morgan fingerprint density at radius 2 is 1.86 bits per heavy atom. The molecule has 0 bridgehead atoms. The first-order valence-corrected chi connectivity index (χ1v) is 10.5. The van der Waals surface area contributed by atoms with Crippen LogP contribution in [0, 0.1) is 6.92 Å². The summed E-state index contributed by atoms with van der Waals surface area (Å²) >= 11 is 0. The van der Waals surface area contributed by atoms with Crippen molar-refractivity contribution in [1.82, 2.24) is 4.31 Å². The summed E-state index contributed by atoms with van der Waals surface area (Å²) in [6.07, 6.45) is 0. The van der Waals surface area contributed by atoms with Crippen molar-refractivity contribution in [2.75, 3.05) is 38.2 Å². The van der Waals surface area contributed by atoms with Gasteiger partial charge >= 0.3 is 0 Å². The average molecular weight is 404 g/mol. The van der Waals surface area contributed by atoms with E-state index in [1.165, 1.54) is 10.4 Å². The summed E-state index contributed by atoms with van der Waals surface area (Å²) < 4.78 is 37.6. The van der Waals surface area contributed by atoms with Crippen LogP contribution in [-0.4, -0.2) is 51.5 Å². The zero-order valence-corrected chi connectivity index (χ0v) is 16.6. The lowest BCUT2D eigenvalue weighted by Gasteiger charge is -2.26. The van der Waals surface area contributed by atoms with Crippen LogP contribution in [0.4, 0.5) is 5.69 Å². The van der Waals surface area contributed by atoms with Crippen molar-refractivity contribution >= 4 is 21.6 Å². The summed E-state index contributed by atoms with van der Waals surface area (Å²) in [5, 5.41) is 2.74. The van der Waals surface area contributed by atoms with E-state index in [-0.39, 0.29) is 17.4 Å². The molecule has 1 heterocycles. The number of carbonyl (C=O) groups is 1. The molecule has 2 aromatic carbocycles. The van der Waals surface area contributed by atoms with Gasteiger partial charge in [-0.25, -0.2) is 8.42 Å². The molecule has 3 rings (SSSR count). The fourth-order valence-corrected chi connectivity index (χ4v) is 4.29. The van der Waals surface area contributed by atoms with Gasteiger partial charge in [0.15, 0.2) is 0 Å². The predicted octanol–water partition coefficient (Wildman–Crippen LogP) is 2.17. The van der Waals surface area contributed by atoms with Crippen molar-refractivity contribution in [2.24, 2.45) is 0 Å². The van der Waals surface area contributed by atoms with Gasteiger partial charge in [-0.15, -0.1) is 0 Å². The van der Waals surface area contributed by atoms with E-state index in [9.17, 15) is 13.2 Å². The first kappa shape index (κ1) is 20.5. The lowest BCUT2D eigenvalue weighted by molar-refractivity contribution is -0.121. The van der Waals surface area contributed by atoms with Gasteiger partial charge in [0.05, 0.1) is 24.7 Å². The van der Waals surface area contributed by atoms with E-state index in [0.717, 1.165) is 11.1 Å². The first-order chi connectivity index (χ1) is 13.5. The molecule has 1 amide bonds. The minimum Gasteiger partial charge on any atom is -0.379 e. The number of aryl methyl sites for hydroxylation is 1. The zero-order chi connectivity index (χ0) is 20.0. The fourth-order valence-electron chi connectivity index (χ4n) is 2.85. The quantitative estimate of drug-likeness (QED) is 0.765. The minimum atomic E-state index is -3.62. The normalized spacial score (nSPS) is 15.3. The molecule has 0 aromatic heterocycles. The van der Waals surface area contributed by atoms with Gasteiger partial charge < -0.3 is 14.8 Å². The van der Waals surface area contributed by atoms with Gasteiger partial charge in [0.2, 0.25) is 15.9 Å². The highest BCUT2D eigenvalue weighted by Gasteiger charge is 2.26. The molecule has 0 unspecified atom stereocenters. The van der Waals surface area contributed by atoms with Crippen molar-refractivity contribution in [3.05, 3.63) is 59.7 Å². The van der Waals surface area contributed by atoms with Crippen molar-refractivity contribution in [1.29, 1.82) is 0 Å². The van der Waals surface area contributed by atoms with Gasteiger partial charge in [0, 0.05) is 18.8 Å². The van der Waals surface area contributed by atoms with Gasteiger partial charge in [-0.2, -0.15) is 4.31 Å². The van der Waals surface area contributed by atoms with Gasteiger partial charge in [0.25, 0.3) is 0 Å². The maximum atomic E-state index is 12.8. The van der Waals surface area contributed by atoms with Crippen molar-refractivity contribution in [3.8, 4) is 0 Å². The second-order valence-electron chi connectivity index (χ2n) is 6.52. The van der Waals surface area contributed by atoms with Crippen LogP contribution in [0.15, 0.2) is 53.4 Å². The van der Waals surface area contributed by atoms with Crippen LogP contribution in [0.1, 0.15) is 11.1 Å². The molecule has 2 aromatic rings. The molecule has 1 aliphatic heterocycles. The lowest BCUT2D eigenvalue weighted by Crippen LogP contribution is -2.40. The smallest absolute Gasteiger partial charge is 0.250 e. The maximum Gasteiger partial charge on any atom is 0.250 e. The third-order valence-corrected chi connectivity index (χ3v) is 6.33. The van der Waals surface area contributed by atoms with Crippen LogP contribution in [0.25, 0.3) is 0 Å². The summed E-state index contributed by atoms with van der Waals surface area (Å²) in [6.45, 7) is 3.44. The number of hydrogen-bond acceptors (Lipinski definition) is 5. The van der Waals surface area contributed by atoms with E-state index in [1.807, 2.05) is 37.3 Å². The number of nitrogens with zero attached hydrogens (tertiary/aromatic N) is 1. The molecule has 0 spiro atoms. The number of carbonyl (C=O) groups excluding carboxylic acids is 1. The fraction of sp³-hybridized carbons (Fsp3) is 0.350. The molecular weight excluding hydrogens is 380 g/mol. The third kappa shape index (κ3) is 5.17. The number of anilines is 1. The molecule has 0 aliphatic carbocycles. The van der Waals surface area contributed by atoms with Crippen LogP contribution in [0.3, 0.4) is 0 Å². The second kappa shape index (κ2) is 9.29. The van der Waals surface area contributed by atoms with E-state index >= 15 is 0 Å². The summed E-state index contributed by atoms with van der Waals surface area (Å²) in [5.41, 5.74) is 2.21. The van der Waals surface area contributed by atoms with Crippen molar-refractivity contribution in [2.45, 2.75) is 18.4 Å². The molecule has 150 valence electrons. The Hall–Kier alpha value is -2.26. The Bertz CT molecular complexity index is 909. The highest BCUT2D eigenvalue weighted by molar-refractivity contribution is 7.89. The zero-order valence-electron chi connectivity index (χ0n) is 15.8. The van der Waals surface area contributed by atoms with Crippen molar-refractivity contribution < 1.29 is 22.7 Å². The number of morpholine rings is 1. The van der Waals surface area contributed by atoms with E-state index in [1.54, 1.807) is 12.1 Å². The largest absolute Gasteiger partial charge is 0.379 e. The molecular formula is C20H24N2O5S. The molecule has 1 N–H and O–H groups in total. The van der Waals surface area contributed by atoms with E-state index < -0.39 is 10.0 Å². The number of ether oxygens (including phenoxy) is 2. The van der Waals surface area contributed by atoms with Crippen LogP contribution in [0.2, 0.25) is 0 Å². The van der Waals surface area contributed by atoms with Crippen LogP contribution in [0.5, 0.6) is 0 Å². The van der Waals surface area contributed by atoms with E-state index in [4.69, 9.17) is 9.47 Å². The minimum absolute atomic E-state index is 0.116. The van der Waals surface area contributed by atoms with Crippen LogP contribution in [-0.2, 0) is 30.9 Å². The third-order valence-electron chi connectivity index (χ3n) is 4.44. The molecule has 8 heteroatoms. The Labute approximate surface area is 165 Å². The first-order valence-electron chi connectivity index (χ1n) is 9.07. The number of hydrogen-bond donors (Lipinski definition) is 1. The molecule has 0 saturated carbocycles. The van der Waals surface area contributed by atoms with Gasteiger partial charge in [0.1, 0.15) is 6.61 Å².